The standard InChI is InChI=1S/C22H21N3O3S2/c1-22(2,3)13-30(27,28)21-24-17(12-29-21)19-23-16-11-7-10-15(18(16)20(26)25-19)14-8-5-4-6-9-14/h4-12H,13H2,1-3H3,(H,23,25,26). The number of sulfone groups is 1. The first-order valence-corrected chi connectivity index (χ1v) is 11.9. The lowest BCUT2D eigenvalue weighted by molar-refractivity contribution is 0.461. The molecule has 2 heterocycles. The Kier molecular flexibility index (Phi) is 5.07. The van der Waals surface area contributed by atoms with Gasteiger partial charge in [0.25, 0.3) is 5.56 Å². The number of nitrogens with zero attached hydrogens (tertiary/aromatic N) is 2. The van der Waals surface area contributed by atoms with E-state index in [1.165, 1.54) is 0 Å². The minimum atomic E-state index is -3.51. The lowest BCUT2D eigenvalue weighted by Crippen LogP contribution is -2.20. The van der Waals surface area contributed by atoms with Gasteiger partial charge in [0.1, 0.15) is 5.69 Å². The van der Waals surface area contributed by atoms with E-state index in [2.05, 4.69) is 15.0 Å². The molecule has 4 rings (SSSR count). The molecule has 0 saturated carbocycles. The minimum absolute atomic E-state index is 0.00490. The van der Waals surface area contributed by atoms with Gasteiger partial charge < -0.3 is 4.98 Å². The van der Waals surface area contributed by atoms with Gasteiger partial charge in [0.15, 0.2) is 5.82 Å². The van der Waals surface area contributed by atoms with Crippen LogP contribution in [0.2, 0.25) is 0 Å². The van der Waals surface area contributed by atoms with E-state index in [1.807, 2.05) is 63.2 Å². The van der Waals surface area contributed by atoms with Gasteiger partial charge in [0.05, 0.1) is 16.7 Å². The lowest BCUT2D eigenvalue weighted by atomic mass is 10.0. The summed E-state index contributed by atoms with van der Waals surface area (Å²) in [5, 5.41) is 2.10. The van der Waals surface area contributed by atoms with E-state index < -0.39 is 9.84 Å². The molecular weight excluding hydrogens is 418 g/mol. The highest BCUT2D eigenvalue weighted by molar-refractivity contribution is 7.93. The summed E-state index contributed by atoms with van der Waals surface area (Å²) in [6.45, 7) is 5.60. The molecule has 154 valence electrons. The highest BCUT2D eigenvalue weighted by Crippen LogP contribution is 2.29. The molecule has 0 radical (unpaired) electrons. The fourth-order valence-electron chi connectivity index (χ4n) is 3.31. The maximum absolute atomic E-state index is 12.9. The molecule has 0 atom stereocenters. The number of rotatable bonds is 4. The van der Waals surface area contributed by atoms with Crippen LogP contribution in [0.15, 0.2) is 63.0 Å². The third-order valence-corrected chi connectivity index (χ3v) is 7.99. The summed E-state index contributed by atoms with van der Waals surface area (Å²) in [4.78, 5) is 24.5. The molecule has 30 heavy (non-hydrogen) atoms. The topological polar surface area (TPSA) is 92.8 Å². The Morgan fingerprint density at radius 2 is 1.73 bits per heavy atom. The fraction of sp³-hybridized carbons (Fsp3) is 0.227. The van der Waals surface area contributed by atoms with Crippen molar-refractivity contribution in [3.05, 3.63) is 64.3 Å². The average Bonchev–Trinajstić information content (AvgIpc) is 3.18. The van der Waals surface area contributed by atoms with Crippen molar-refractivity contribution in [2.45, 2.75) is 25.1 Å². The number of nitrogens with one attached hydrogen (secondary N) is 1. The molecule has 0 aliphatic carbocycles. The third-order valence-electron chi connectivity index (χ3n) is 4.43. The van der Waals surface area contributed by atoms with Crippen molar-refractivity contribution in [1.29, 1.82) is 0 Å². The Morgan fingerprint density at radius 1 is 1.00 bits per heavy atom. The molecule has 4 aromatic rings. The largest absolute Gasteiger partial charge is 0.305 e. The molecule has 0 aliphatic heterocycles. The molecule has 0 aliphatic rings. The van der Waals surface area contributed by atoms with Crippen molar-refractivity contribution in [2.75, 3.05) is 5.75 Å². The van der Waals surface area contributed by atoms with Crippen LogP contribution < -0.4 is 5.56 Å². The normalized spacial score (nSPS) is 12.4. The van der Waals surface area contributed by atoms with Crippen LogP contribution in [0.5, 0.6) is 0 Å². The summed E-state index contributed by atoms with van der Waals surface area (Å²) in [7, 11) is -3.51. The van der Waals surface area contributed by atoms with Gasteiger partial charge in [-0.25, -0.2) is 18.4 Å². The summed E-state index contributed by atoms with van der Waals surface area (Å²) < 4.78 is 25.3. The van der Waals surface area contributed by atoms with Crippen molar-refractivity contribution < 1.29 is 8.42 Å². The number of aromatic nitrogens is 3. The molecule has 0 unspecified atom stereocenters. The predicted molar refractivity (Wildman–Crippen MR) is 120 cm³/mol. The smallest absolute Gasteiger partial charge is 0.259 e. The quantitative estimate of drug-likeness (QED) is 0.504. The molecule has 1 N–H and O–H groups in total. The molecule has 2 aromatic carbocycles. The number of hydrogen-bond acceptors (Lipinski definition) is 6. The van der Waals surface area contributed by atoms with Crippen LogP contribution in [0.4, 0.5) is 0 Å². The van der Waals surface area contributed by atoms with E-state index in [0.717, 1.165) is 22.5 Å². The van der Waals surface area contributed by atoms with Crippen LogP contribution in [-0.4, -0.2) is 29.1 Å². The number of benzene rings is 2. The highest BCUT2D eigenvalue weighted by atomic mass is 32.2. The van der Waals surface area contributed by atoms with Crippen LogP contribution >= 0.6 is 11.3 Å². The molecule has 0 amide bonds. The SMILES string of the molecule is CC(C)(C)CS(=O)(=O)c1nc(-c2nc3cccc(-c4ccccc4)c3c(=O)[nH]2)cs1. The molecule has 0 fully saturated rings. The molecule has 0 spiro atoms. The molecular formula is C22H21N3O3S2. The Morgan fingerprint density at radius 3 is 2.43 bits per heavy atom. The molecule has 2 aromatic heterocycles. The van der Waals surface area contributed by atoms with E-state index in [4.69, 9.17) is 0 Å². The highest BCUT2D eigenvalue weighted by Gasteiger charge is 2.27. The van der Waals surface area contributed by atoms with E-state index in [1.54, 1.807) is 11.4 Å². The first kappa shape index (κ1) is 20.4. The second-order valence-electron chi connectivity index (χ2n) is 8.30. The van der Waals surface area contributed by atoms with Crippen LogP contribution in [0.3, 0.4) is 0 Å². The van der Waals surface area contributed by atoms with Gasteiger partial charge >= 0.3 is 0 Å². The summed E-state index contributed by atoms with van der Waals surface area (Å²) in [5.41, 5.74) is 1.92. The molecule has 0 saturated heterocycles. The van der Waals surface area contributed by atoms with Crippen molar-refractivity contribution in [1.82, 2.24) is 15.0 Å². The van der Waals surface area contributed by atoms with E-state index in [-0.39, 0.29) is 26.9 Å². The van der Waals surface area contributed by atoms with Gasteiger partial charge in [-0.2, -0.15) is 0 Å². The monoisotopic (exact) mass is 439 g/mol. The summed E-state index contributed by atoms with van der Waals surface area (Å²) in [5.74, 6) is 0.251. The van der Waals surface area contributed by atoms with Gasteiger partial charge in [-0.3, -0.25) is 4.79 Å². The van der Waals surface area contributed by atoms with Crippen molar-refractivity contribution >= 4 is 32.1 Å². The first-order valence-electron chi connectivity index (χ1n) is 9.41. The molecule has 8 heteroatoms. The van der Waals surface area contributed by atoms with Gasteiger partial charge in [-0.1, -0.05) is 63.2 Å². The van der Waals surface area contributed by atoms with Crippen LogP contribution in [-0.2, 0) is 9.84 Å². The Hall–Kier alpha value is -2.84. The first-order chi connectivity index (χ1) is 14.1. The van der Waals surface area contributed by atoms with Gasteiger partial charge in [0.2, 0.25) is 14.2 Å². The zero-order valence-corrected chi connectivity index (χ0v) is 18.5. The second kappa shape index (κ2) is 7.45. The van der Waals surface area contributed by atoms with E-state index in [0.29, 0.717) is 16.6 Å². The third kappa shape index (κ3) is 4.06. The van der Waals surface area contributed by atoms with Crippen LogP contribution in [0.25, 0.3) is 33.5 Å². The number of fused-ring (bicyclic) bond motifs is 1. The molecule has 6 nitrogen and oxygen atoms in total. The predicted octanol–water partition coefficient (Wildman–Crippen LogP) is 4.53. The van der Waals surface area contributed by atoms with Crippen molar-refractivity contribution in [3.63, 3.8) is 0 Å². The molecule has 0 bridgehead atoms. The summed E-state index contributed by atoms with van der Waals surface area (Å²) in [6.07, 6.45) is 0. The van der Waals surface area contributed by atoms with Crippen molar-refractivity contribution in [2.24, 2.45) is 5.41 Å². The van der Waals surface area contributed by atoms with E-state index >= 15 is 0 Å². The van der Waals surface area contributed by atoms with E-state index in [9.17, 15) is 13.2 Å². The van der Waals surface area contributed by atoms with Gasteiger partial charge in [-0.15, -0.1) is 11.3 Å². The minimum Gasteiger partial charge on any atom is -0.305 e. The Bertz CT molecular complexity index is 1380. The van der Waals surface area contributed by atoms with Gasteiger partial charge in [0, 0.05) is 5.38 Å². The van der Waals surface area contributed by atoms with Crippen molar-refractivity contribution in [3.8, 4) is 22.6 Å². The number of thiazole rings is 1. The average molecular weight is 440 g/mol. The maximum Gasteiger partial charge on any atom is 0.259 e. The van der Waals surface area contributed by atoms with Crippen LogP contribution in [0.1, 0.15) is 20.8 Å². The number of hydrogen-bond donors (Lipinski definition) is 1. The summed E-state index contributed by atoms with van der Waals surface area (Å²) >= 11 is 1.04. The van der Waals surface area contributed by atoms with Crippen LogP contribution in [0, 0.1) is 5.41 Å². The Labute approximate surface area is 178 Å². The maximum atomic E-state index is 12.9. The lowest BCUT2D eigenvalue weighted by Gasteiger charge is -2.16. The Balaban J connectivity index is 1.79. The zero-order valence-electron chi connectivity index (χ0n) is 16.8. The second-order valence-corrected chi connectivity index (χ2v) is 11.3. The fourth-order valence-corrected chi connectivity index (χ4v) is 6.25. The number of aromatic amines is 1. The number of H-pyrrole nitrogens is 1. The zero-order chi connectivity index (χ0) is 21.5. The summed E-state index contributed by atoms with van der Waals surface area (Å²) in [6, 6.07) is 15.1. The van der Waals surface area contributed by atoms with Gasteiger partial charge in [-0.05, 0) is 22.6 Å².